The van der Waals surface area contributed by atoms with Crippen molar-refractivity contribution in [3.63, 3.8) is 0 Å². The molecule has 2 aromatic heterocycles. The number of H-pyrrole nitrogens is 1. The number of carbonyl (C=O) groups excluding carboxylic acids is 1. The molecule has 0 bridgehead atoms. The molecule has 21 heavy (non-hydrogen) atoms. The first-order valence-corrected chi connectivity index (χ1v) is 7.93. The molecule has 2 heterocycles. The van der Waals surface area contributed by atoms with E-state index in [0.717, 1.165) is 18.5 Å². The number of rotatable bonds is 5. The van der Waals surface area contributed by atoms with Gasteiger partial charge in [-0.3, -0.25) is 9.89 Å². The number of aromatic amines is 1. The van der Waals surface area contributed by atoms with Gasteiger partial charge in [0.2, 0.25) is 0 Å². The van der Waals surface area contributed by atoms with Crippen LogP contribution in [0.15, 0.2) is 35.7 Å². The van der Waals surface area contributed by atoms with Gasteiger partial charge in [0.1, 0.15) is 5.69 Å². The fourth-order valence-electron chi connectivity index (χ4n) is 2.29. The second kappa shape index (κ2) is 6.10. The van der Waals surface area contributed by atoms with Gasteiger partial charge in [0.15, 0.2) is 0 Å². The zero-order chi connectivity index (χ0) is 14.7. The SMILES string of the molecule is CCc1cc(C(=O)NCCc2csc3ccccc23)n[nH]1. The van der Waals surface area contributed by atoms with Gasteiger partial charge in [0.25, 0.3) is 5.91 Å². The number of fused-ring (bicyclic) bond motifs is 1. The Hall–Kier alpha value is -2.14. The minimum Gasteiger partial charge on any atom is -0.350 e. The van der Waals surface area contributed by atoms with E-state index in [4.69, 9.17) is 0 Å². The van der Waals surface area contributed by atoms with Gasteiger partial charge in [-0.1, -0.05) is 25.1 Å². The molecule has 108 valence electrons. The van der Waals surface area contributed by atoms with Crippen LogP contribution in [-0.2, 0) is 12.8 Å². The zero-order valence-electron chi connectivity index (χ0n) is 11.8. The Kier molecular flexibility index (Phi) is 4.01. The van der Waals surface area contributed by atoms with Crippen molar-refractivity contribution in [1.82, 2.24) is 15.5 Å². The zero-order valence-corrected chi connectivity index (χ0v) is 12.7. The predicted octanol–water partition coefficient (Wildman–Crippen LogP) is 3.16. The van der Waals surface area contributed by atoms with Crippen molar-refractivity contribution in [2.24, 2.45) is 0 Å². The average Bonchev–Trinajstić information content (AvgIpc) is 3.14. The second-order valence-corrected chi connectivity index (χ2v) is 5.81. The maximum atomic E-state index is 12.0. The maximum Gasteiger partial charge on any atom is 0.271 e. The maximum absolute atomic E-state index is 12.0. The highest BCUT2D eigenvalue weighted by Gasteiger charge is 2.10. The van der Waals surface area contributed by atoms with E-state index in [1.165, 1.54) is 15.6 Å². The molecule has 1 amide bonds. The third-order valence-corrected chi connectivity index (χ3v) is 4.50. The Morgan fingerprint density at radius 3 is 3.05 bits per heavy atom. The minimum absolute atomic E-state index is 0.120. The highest BCUT2D eigenvalue weighted by Crippen LogP contribution is 2.25. The van der Waals surface area contributed by atoms with Crippen LogP contribution in [0, 0.1) is 0 Å². The molecule has 1 aromatic carbocycles. The van der Waals surface area contributed by atoms with Crippen molar-refractivity contribution in [1.29, 1.82) is 0 Å². The van der Waals surface area contributed by atoms with Gasteiger partial charge in [-0.2, -0.15) is 5.10 Å². The van der Waals surface area contributed by atoms with E-state index in [9.17, 15) is 4.79 Å². The number of amides is 1. The van der Waals surface area contributed by atoms with E-state index in [-0.39, 0.29) is 5.91 Å². The summed E-state index contributed by atoms with van der Waals surface area (Å²) >= 11 is 1.75. The number of aryl methyl sites for hydroxylation is 1. The highest BCUT2D eigenvalue weighted by atomic mass is 32.1. The van der Waals surface area contributed by atoms with E-state index in [0.29, 0.717) is 12.2 Å². The van der Waals surface area contributed by atoms with Crippen molar-refractivity contribution in [3.05, 3.63) is 52.7 Å². The molecule has 0 aliphatic carbocycles. The monoisotopic (exact) mass is 299 g/mol. The average molecular weight is 299 g/mol. The van der Waals surface area contributed by atoms with E-state index in [2.05, 4.69) is 33.0 Å². The molecule has 4 nitrogen and oxygen atoms in total. The van der Waals surface area contributed by atoms with Gasteiger partial charge in [0, 0.05) is 16.9 Å². The van der Waals surface area contributed by atoms with Crippen molar-refractivity contribution in [3.8, 4) is 0 Å². The molecule has 2 N–H and O–H groups in total. The first-order valence-electron chi connectivity index (χ1n) is 7.05. The fraction of sp³-hybridized carbons (Fsp3) is 0.250. The molecule has 0 fully saturated rings. The van der Waals surface area contributed by atoms with Crippen LogP contribution in [0.2, 0.25) is 0 Å². The van der Waals surface area contributed by atoms with Crippen LogP contribution in [0.3, 0.4) is 0 Å². The van der Waals surface area contributed by atoms with Crippen molar-refractivity contribution < 1.29 is 4.79 Å². The molecule has 0 atom stereocenters. The summed E-state index contributed by atoms with van der Waals surface area (Å²) in [6.07, 6.45) is 1.68. The normalized spacial score (nSPS) is 10.9. The molecular weight excluding hydrogens is 282 g/mol. The Labute approximate surface area is 127 Å². The van der Waals surface area contributed by atoms with Gasteiger partial charge in [-0.15, -0.1) is 11.3 Å². The number of hydrogen-bond acceptors (Lipinski definition) is 3. The fourth-order valence-corrected chi connectivity index (χ4v) is 3.28. The number of aromatic nitrogens is 2. The predicted molar refractivity (Wildman–Crippen MR) is 85.8 cm³/mol. The summed E-state index contributed by atoms with van der Waals surface area (Å²) in [4.78, 5) is 12.0. The summed E-state index contributed by atoms with van der Waals surface area (Å²) in [6, 6.07) is 10.2. The van der Waals surface area contributed by atoms with E-state index in [1.807, 2.05) is 19.1 Å². The summed E-state index contributed by atoms with van der Waals surface area (Å²) in [6.45, 7) is 2.64. The summed E-state index contributed by atoms with van der Waals surface area (Å²) < 4.78 is 1.29. The minimum atomic E-state index is -0.120. The smallest absolute Gasteiger partial charge is 0.271 e. The lowest BCUT2D eigenvalue weighted by atomic mass is 10.1. The molecule has 3 aromatic rings. The number of nitrogens with one attached hydrogen (secondary N) is 2. The molecular formula is C16H17N3OS. The number of thiophene rings is 1. The summed E-state index contributed by atoms with van der Waals surface area (Å²) in [5.74, 6) is -0.120. The first-order chi connectivity index (χ1) is 10.3. The Morgan fingerprint density at radius 1 is 1.38 bits per heavy atom. The molecule has 3 rings (SSSR count). The Morgan fingerprint density at radius 2 is 2.24 bits per heavy atom. The van der Waals surface area contributed by atoms with Gasteiger partial charge < -0.3 is 5.32 Å². The molecule has 0 saturated carbocycles. The first kappa shape index (κ1) is 13.8. The van der Waals surface area contributed by atoms with Crippen LogP contribution in [0.25, 0.3) is 10.1 Å². The molecule has 0 radical (unpaired) electrons. The van der Waals surface area contributed by atoms with Crippen molar-refractivity contribution in [2.75, 3.05) is 6.54 Å². The third kappa shape index (κ3) is 2.97. The van der Waals surface area contributed by atoms with E-state index < -0.39 is 0 Å². The molecule has 5 heteroatoms. The van der Waals surface area contributed by atoms with Gasteiger partial charge in [-0.05, 0) is 41.3 Å². The second-order valence-electron chi connectivity index (χ2n) is 4.89. The van der Waals surface area contributed by atoms with Gasteiger partial charge in [-0.25, -0.2) is 0 Å². The summed E-state index contributed by atoms with van der Waals surface area (Å²) in [7, 11) is 0. The highest BCUT2D eigenvalue weighted by molar-refractivity contribution is 7.17. The Balaban J connectivity index is 1.59. The number of nitrogens with zero attached hydrogens (tertiary/aromatic N) is 1. The lowest BCUT2D eigenvalue weighted by Crippen LogP contribution is -2.25. The number of hydrogen-bond donors (Lipinski definition) is 2. The van der Waals surface area contributed by atoms with Gasteiger partial charge in [0.05, 0.1) is 0 Å². The molecule has 0 aliphatic heterocycles. The van der Waals surface area contributed by atoms with E-state index >= 15 is 0 Å². The number of benzene rings is 1. The molecule has 0 aliphatic rings. The number of carbonyl (C=O) groups is 1. The van der Waals surface area contributed by atoms with Crippen LogP contribution < -0.4 is 5.32 Å². The van der Waals surface area contributed by atoms with E-state index in [1.54, 1.807) is 17.4 Å². The topological polar surface area (TPSA) is 57.8 Å². The molecule has 0 saturated heterocycles. The standard InChI is InChI=1S/C16H17N3OS/c1-2-12-9-14(19-18-12)16(20)17-8-7-11-10-21-15-6-4-3-5-13(11)15/h3-6,9-10H,2,7-8H2,1H3,(H,17,20)(H,18,19). The van der Waals surface area contributed by atoms with Crippen LogP contribution in [0.1, 0.15) is 28.7 Å². The lowest BCUT2D eigenvalue weighted by molar-refractivity contribution is 0.0949. The van der Waals surface area contributed by atoms with Crippen LogP contribution >= 0.6 is 11.3 Å². The molecule has 0 unspecified atom stereocenters. The summed E-state index contributed by atoms with van der Waals surface area (Å²) in [5, 5.41) is 13.2. The quantitative estimate of drug-likeness (QED) is 0.760. The van der Waals surface area contributed by atoms with Crippen molar-refractivity contribution in [2.45, 2.75) is 19.8 Å². The van der Waals surface area contributed by atoms with Gasteiger partial charge >= 0.3 is 0 Å². The van der Waals surface area contributed by atoms with Crippen LogP contribution in [0.4, 0.5) is 0 Å². The molecule has 0 spiro atoms. The summed E-state index contributed by atoms with van der Waals surface area (Å²) in [5.41, 5.74) is 2.72. The largest absolute Gasteiger partial charge is 0.350 e. The van der Waals surface area contributed by atoms with Crippen LogP contribution in [0.5, 0.6) is 0 Å². The third-order valence-electron chi connectivity index (χ3n) is 3.49. The van der Waals surface area contributed by atoms with Crippen molar-refractivity contribution >= 4 is 27.3 Å². The van der Waals surface area contributed by atoms with Crippen LogP contribution in [-0.4, -0.2) is 22.6 Å². The lowest BCUT2D eigenvalue weighted by Gasteiger charge is -2.02. The Bertz CT molecular complexity index is 760.